The quantitative estimate of drug-likeness (QED) is 0.872. The minimum Gasteiger partial charge on any atom is -0.314 e. The predicted molar refractivity (Wildman–Crippen MR) is 86.0 cm³/mol. The highest BCUT2D eigenvalue weighted by molar-refractivity contribution is 5.81. The molecule has 0 aliphatic heterocycles. The topological polar surface area (TPSA) is 29.9 Å². The molecule has 0 spiro atoms. The zero-order chi connectivity index (χ0) is 14.8. The average Bonchev–Trinajstić information content (AvgIpc) is 2.74. The van der Waals surface area contributed by atoms with Crippen LogP contribution >= 0.6 is 0 Å². The Bertz CT molecular complexity index is 571. The van der Waals surface area contributed by atoms with E-state index in [0.29, 0.717) is 6.04 Å². The summed E-state index contributed by atoms with van der Waals surface area (Å²) >= 11 is 0. The van der Waals surface area contributed by atoms with Crippen LogP contribution in [-0.2, 0) is 13.5 Å². The van der Waals surface area contributed by atoms with Gasteiger partial charge in [-0.3, -0.25) is 4.68 Å². The second-order valence-corrected chi connectivity index (χ2v) is 6.46. The summed E-state index contributed by atoms with van der Waals surface area (Å²) in [5, 5.41) is 9.61. The molecule has 2 rings (SSSR count). The van der Waals surface area contributed by atoms with Gasteiger partial charge >= 0.3 is 0 Å². The van der Waals surface area contributed by atoms with E-state index in [0.717, 1.165) is 19.4 Å². The Hall–Kier alpha value is -1.35. The number of hydrogen-bond acceptors (Lipinski definition) is 2. The number of hydrogen-bond donors (Lipinski definition) is 1. The smallest absolute Gasteiger partial charge is 0.0709 e. The standard InChI is InChI=1S/C17H27N3/c1-6-17(4,12-18-13(2)3)11-15-14-9-7-8-10-16(14)20(5)19-15/h7-10,13,18H,6,11-12H2,1-5H3. The molecule has 0 amide bonds. The highest BCUT2D eigenvalue weighted by atomic mass is 15.3. The van der Waals surface area contributed by atoms with E-state index in [2.05, 4.69) is 57.3 Å². The van der Waals surface area contributed by atoms with Crippen molar-refractivity contribution < 1.29 is 0 Å². The van der Waals surface area contributed by atoms with E-state index >= 15 is 0 Å². The van der Waals surface area contributed by atoms with E-state index in [1.54, 1.807) is 0 Å². The third kappa shape index (κ3) is 3.21. The molecule has 0 aliphatic rings. The number of rotatable bonds is 6. The molecule has 1 heterocycles. The molecule has 3 nitrogen and oxygen atoms in total. The number of aryl methyl sites for hydroxylation is 1. The number of aromatic nitrogens is 2. The maximum absolute atomic E-state index is 4.74. The molecule has 1 N–H and O–H groups in total. The molecule has 0 saturated heterocycles. The summed E-state index contributed by atoms with van der Waals surface area (Å²) in [4.78, 5) is 0. The summed E-state index contributed by atoms with van der Waals surface area (Å²) in [6.07, 6.45) is 2.17. The van der Waals surface area contributed by atoms with Gasteiger partial charge in [0.05, 0.1) is 11.2 Å². The van der Waals surface area contributed by atoms with Crippen molar-refractivity contribution in [3.8, 4) is 0 Å². The lowest BCUT2D eigenvalue weighted by Gasteiger charge is -2.29. The van der Waals surface area contributed by atoms with Crippen LogP contribution in [-0.4, -0.2) is 22.4 Å². The van der Waals surface area contributed by atoms with Crippen LogP contribution in [0.1, 0.15) is 39.8 Å². The summed E-state index contributed by atoms with van der Waals surface area (Å²) in [6, 6.07) is 9.03. The minimum absolute atomic E-state index is 0.251. The van der Waals surface area contributed by atoms with E-state index in [1.165, 1.54) is 16.6 Å². The predicted octanol–water partition coefficient (Wildman–Crippen LogP) is 3.53. The first-order valence-electron chi connectivity index (χ1n) is 7.59. The lowest BCUT2D eigenvalue weighted by atomic mass is 9.82. The lowest BCUT2D eigenvalue weighted by molar-refractivity contribution is 0.278. The van der Waals surface area contributed by atoms with Gasteiger partial charge in [-0.1, -0.05) is 45.9 Å². The number of nitrogens with zero attached hydrogens (tertiary/aromatic N) is 2. The summed E-state index contributed by atoms with van der Waals surface area (Å²) < 4.78 is 2.00. The summed E-state index contributed by atoms with van der Waals surface area (Å²) in [7, 11) is 2.03. The van der Waals surface area contributed by atoms with Crippen molar-refractivity contribution in [1.82, 2.24) is 15.1 Å². The van der Waals surface area contributed by atoms with E-state index in [9.17, 15) is 0 Å². The van der Waals surface area contributed by atoms with Crippen molar-refractivity contribution >= 4 is 10.9 Å². The summed E-state index contributed by atoms with van der Waals surface area (Å²) in [5.74, 6) is 0. The van der Waals surface area contributed by atoms with Gasteiger partial charge < -0.3 is 5.32 Å². The maximum atomic E-state index is 4.74. The lowest BCUT2D eigenvalue weighted by Crippen LogP contribution is -2.36. The first-order chi connectivity index (χ1) is 9.45. The number of fused-ring (bicyclic) bond motifs is 1. The van der Waals surface area contributed by atoms with Crippen LogP contribution in [0.4, 0.5) is 0 Å². The van der Waals surface area contributed by atoms with E-state index < -0.39 is 0 Å². The van der Waals surface area contributed by atoms with Gasteiger partial charge in [0.15, 0.2) is 0 Å². The van der Waals surface area contributed by atoms with Crippen molar-refractivity contribution in [2.75, 3.05) is 6.54 Å². The molecule has 1 atom stereocenters. The fraction of sp³-hybridized carbons (Fsp3) is 0.588. The van der Waals surface area contributed by atoms with Crippen molar-refractivity contribution in [1.29, 1.82) is 0 Å². The molecule has 0 fully saturated rings. The van der Waals surface area contributed by atoms with Crippen LogP contribution in [0.5, 0.6) is 0 Å². The second-order valence-electron chi connectivity index (χ2n) is 6.46. The molecule has 0 saturated carbocycles. The van der Waals surface area contributed by atoms with Gasteiger partial charge in [-0.15, -0.1) is 0 Å². The van der Waals surface area contributed by atoms with Gasteiger partial charge in [-0.2, -0.15) is 5.10 Å². The first-order valence-corrected chi connectivity index (χ1v) is 7.59. The monoisotopic (exact) mass is 273 g/mol. The summed E-state index contributed by atoms with van der Waals surface area (Å²) in [6.45, 7) is 10.1. The Labute approximate surface area is 122 Å². The molecule has 3 heteroatoms. The van der Waals surface area contributed by atoms with Crippen LogP contribution < -0.4 is 5.32 Å². The molecule has 1 aromatic carbocycles. The molecule has 0 bridgehead atoms. The highest BCUT2D eigenvalue weighted by Crippen LogP contribution is 2.29. The molecule has 0 aliphatic carbocycles. The Morgan fingerprint density at radius 1 is 1.30 bits per heavy atom. The molecule has 1 unspecified atom stereocenters. The van der Waals surface area contributed by atoms with Gasteiger partial charge in [0.1, 0.15) is 0 Å². The third-order valence-electron chi connectivity index (χ3n) is 4.22. The SMILES string of the molecule is CCC(C)(CNC(C)C)Cc1nn(C)c2ccccc12. The molecule has 20 heavy (non-hydrogen) atoms. The van der Waals surface area contributed by atoms with Crippen LogP contribution in [0.2, 0.25) is 0 Å². The molecular weight excluding hydrogens is 246 g/mol. The van der Waals surface area contributed by atoms with Gasteiger partial charge in [-0.05, 0) is 24.3 Å². The fourth-order valence-electron chi connectivity index (χ4n) is 2.59. The van der Waals surface area contributed by atoms with Crippen LogP contribution in [0.15, 0.2) is 24.3 Å². The number of nitrogens with one attached hydrogen (secondary N) is 1. The van der Waals surface area contributed by atoms with Gasteiger partial charge in [-0.25, -0.2) is 0 Å². The van der Waals surface area contributed by atoms with Crippen LogP contribution in [0.3, 0.4) is 0 Å². The Morgan fingerprint density at radius 2 is 2.00 bits per heavy atom. The molecule has 0 radical (unpaired) electrons. The Kier molecular flexibility index (Phi) is 4.48. The van der Waals surface area contributed by atoms with Crippen LogP contribution in [0.25, 0.3) is 10.9 Å². The number of para-hydroxylation sites is 1. The highest BCUT2D eigenvalue weighted by Gasteiger charge is 2.25. The first kappa shape index (κ1) is 15.0. The van der Waals surface area contributed by atoms with Crippen LogP contribution in [0, 0.1) is 5.41 Å². The zero-order valence-electron chi connectivity index (χ0n) is 13.4. The Balaban J connectivity index is 2.25. The van der Waals surface area contributed by atoms with Crippen molar-refractivity contribution in [2.45, 2.75) is 46.6 Å². The zero-order valence-corrected chi connectivity index (χ0v) is 13.4. The average molecular weight is 273 g/mol. The van der Waals surface area contributed by atoms with Gasteiger partial charge in [0.2, 0.25) is 0 Å². The summed E-state index contributed by atoms with van der Waals surface area (Å²) in [5.41, 5.74) is 2.69. The van der Waals surface area contributed by atoms with E-state index in [-0.39, 0.29) is 5.41 Å². The molecular formula is C17H27N3. The van der Waals surface area contributed by atoms with Crippen molar-refractivity contribution in [3.05, 3.63) is 30.0 Å². The molecule has 2 aromatic rings. The Morgan fingerprint density at radius 3 is 2.65 bits per heavy atom. The van der Waals surface area contributed by atoms with Crippen molar-refractivity contribution in [3.63, 3.8) is 0 Å². The third-order valence-corrected chi connectivity index (χ3v) is 4.22. The second kappa shape index (κ2) is 5.96. The normalized spacial score (nSPS) is 14.9. The molecule has 1 aromatic heterocycles. The number of benzene rings is 1. The fourth-order valence-corrected chi connectivity index (χ4v) is 2.59. The molecule has 110 valence electrons. The van der Waals surface area contributed by atoms with E-state index in [4.69, 9.17) is 5.10 Å². The van der Waals surface area contributed by atoms with E-state index in [1.807, 2.05) is 11.7 Å². The minimum atomic E-state index is 0.251. The maximum Gasteiger partial charge on any atom is 0.0709 e. The largest absolute Gasteiger partial charge is 0.314 e. The van der Waals surface area contributed by atoms with Crippen molar-refractivity contribution in [2.24, 2.45) is 12.5 Å². The van der Waals surface area contributed by atoms with Gasteiger partial charge in [0.25, 0.3) is 0 Å². The van der Waals surface area contributed by atoms with Gasteiger partial charge in [0, 0.05) is 25.0 Å².